The molecule has 1 aliphatic heterocycles. The summed E-state index contributed by atoms with van der Waals surface area (Å²) in [4.78, 5) is 28.2. The SMILES string of the molecule is CC(C)(C)c1ccc(C(=O)N(CN2CCCC2=O)c2ccccc2F)cc1. The molecule has 0 bridgehead atoms. The van der Waals surface area contributed by atoms with Crippen LogP contribution in [0.2, 0.25) is 0 Å². The molecule has 27 heavy (non-hydrogen) atoms. The summed E-state index contributed by atoms with van der Waals surface area (Å²) in [6.45, 7) is 6.96. The number of para-hydroxylation sites is 1. The normalized spacial score (nSPS) is 14.5. The number of carbonyl (C=O) groups excluding carboxylic acids is 2. The van der Waals surface area contributed by atoms with Crippen molar-refractivity contribution in [2.45, 2.75) is 39.0 Å². The molecule has 1 aliphatic rings. The highest BCUT2D eigenvalue weighted by Gasteiger charge is 2.28. The Kier molecular flexibility index (Phi) is 5.31. The Morgan fingerprint density at radius 2 is 1.78 bits per heavy atom. The molecule has 2 aromatic carbocycles. The summed E-state index contributed by atoms with van der Waals surface area (Å²) >= 11 is 0. The van der Waals surface area contributed by atoms with Gasteiger partial charge < -0.3 is 4.90 Å². The molecule has 0 aliphatic carbocycles. The highest BCUT2D eigenvalue weighted by Crippen LogP contribution is 2.25. The fourth-order valence-corrected chi connectivity index (χ4v) is 3.21. The lowest BCUT2D eigenvalue weighted by atomic mass is 9.86. The van der Waals surface area contributed by atoms with E-state index in [4.69, 9.17) is 0 Å². The Morgan fingerprint density at radius 3 is 2.33 bits per heavy atom. The third-order valence-electron chi connectivity index (χ3n) is 4.87. The Hall–Kier alpha value is -2.69. The molecule has 1 saturated heterocycles. The third-order valence-corrected chi connectivity index (χ3v) is 4.87. The second kappa shape index (κ2) is 7.51. The lowest BCUT2D eigenvalue weighted by Gasteiger charge is -2.28. The van der Waals surface area contributed by atoms with Crippen molar-refractivity contribution in [2.75, 3.05) is 18.1 Å². The van der Waals surface area contributed by atoms with Crippen LogP contribution in [0, 0.1) is 5.82 Å². The lowest BCUT2D eigenvalue weighted by molar-refractivity contribution is -0.127. The van der Waals surface area contributed by atoms with Gasteiger partial charge in [0.25, 0.3) is 5.91 Å². The van der Waals surface area contributed by atoms with Crippen molar-refractivity contribution in [3.63, 3.8) is 0 Å². The van der Waals surface area contributed by atoms with Crippen molar-refractivity contribution >= 4 is 17.5 Å². The largest absolute Gasteiger partial charge is 0.324 e. The maximum atomic E-state index is 14.4. The molecule has 0 radical (unpaired) electrons. The van der Waals surface area contributed by atoms with Crippen LogP contribution in [-0.2, 0) is 10.2 Å². The molecule has 0 atom stereocenters. The molecule has 2 amide bonds. The van der Waals surface area contributed by atoms with Gasteiger partial charge in [-0.1, -0.05) is 45.0 Å². The highest BCUT2D eigenvalue weighted by molar-refractivity contribution is 6.06. The van der Waals surface area contributed by atoms with Crippen LogP contribution in [0.1, 0.15) is 49.5 Å². The summed E-state index contributed by atoms with van der Waals surface area (Å²) in [7, 11) is 0. The average molecular weight is 368 g/mol. The number of anilines is 1. The van der Waals surface area contributed by atoms with E-state index in [2.05, 4.69) is 20.8 Å². The first-order chi connectivity index (χ1) is 12.8. The second-order valence-corrected chi connectivity index (χ2v) is 7.91. The van der Waals surface area contributed by atoms with Gasteiger partial charge in [0.15, 0.2) is 0 Å². The quantitative estimate of drug-likeness (QED) is 0.805. The average Bonchev–Trinajstić information content (AvgIpc) is 3.04. The van der Waals surface area contributed by atoms with E-state index in [0.717, 1.165) is 12.0 Å². The minimum Gasteiger partial charge on any atom is -0.324 e. The number of rotatable bonds is 4. The van der Waals surface area contributed by atoms with Crippen molar-refractivity contribution in [1.29, 1.82) is 0 Å². The van der Waals surface area contributed by atoms with Gasteiger partial charge in [0.1, 0.15) is 12.5 Å². The Balaban J connectivity index is 1.93. The molecule has 0 unspecified atom stereocenters. The van der Waals surface area contributed by atoms with E-state index in [1.54, 1.807) is 35.2 Å². The smallest absolute Gasteiger partial charge is 0.259 e. The Bertz CT molecular complexity index is 840. The standard InChI is InChI=1S/C22H25FN2O2/c1-22(2,3)17-12-10-16(11-13-17)21(27)25(15-24-14-6-9-20(24)26)19-8-5-4-7-18(19)23/h4-5,7-8,10-13H,6,9,14-15H2,1-3H3. The van der Waals surface area contributed by atoms with E-state index in [1.165, 1.54) is 11.0 Å². The topological polar surface area (TPSA) is 40.6 Å². The van der Waals surface area contributed by atoms with Gasteiger partial charge in [0.2, 0.25) is 5.91 Å². The lowest BCUT2D eigenvalue weighted by Crippen LogP contribution is -2.42. The number of amides is 2. The van der Waals surface area contributed by atoms with E-state index in [1.807, 2.05) is 12.1 Å². The summed E-state index contributed by atoms with van der Waals surface area (Å²) in [5.41, 5.74) is 1.75. The zero-order valence-electron chi connectivity index (χ0n) is 16.0. The first kappa shape index (κ1) is 19.1. The van der Waals surface area contributed by atoms with Gasteiger partial charge in [0, 0.05) is 18.5 Å². The van der Waals surface area contributed by atoms with E-state index in [-0.39, 0.29) is 29.6 Å². The van der Waals surface area contributed by atoms with Crippen molar-refractivity contribution in [1.82, 2.24) is 4.90 Å². The van der Waals surface area contributed by atoms with E-state index >= 15 is 0 Å². The number of hydrogen-bond donors (Lipinski definition) is 0. The van der Waals surface area contributed by atoms with Gasteiger partial charge in [-0.2, -0.15) is 0 Å². The first-order valence-corrected chi connectivity index (χ1v) is 9.22. The van der Waals surface area contributed by atoms with Gasteiger partial charge in [0.05, 0.1) is 5.69 Å². The molecule has 2 aromatic rings. The monoisotopic (exact) mass is 368 g/mol. The number of hydrogen-bond acceptors (Lipinski definition) is 2. The predicted octanol–water partition coefficient (Wildman–Crippen LogP) is 4.35. The van der Waals surface area contributed by atoms with Crippen LogP contribution in [0.3, 0.4) is 0 Å². The van der Waals surface area contributed by atoms with E-state index in [0.29, 0.717) is 18.5 Å². The number of nitrogens with zero attached hydrogens (tertiary/aromatic N) is 2. The van der Waals surface area contributed by atoms with E-state index < -0.39 is 5.82 Å². The van der Waals surface area contributed by atoms with Crippen LogP contribution in [0.4, 0.5) is 10.1 Å². The maximum absolute atomic E-state index is 14.4. The predicted molar refractivity (Wildman–Crippen MR) is 104 cm³/mol. The Labute approximate surface area is 159 Å². The van der Waals surface area contributed by atoms with Gasteiger partial charge in [-0.15, -0.1) is 0 Å². The van der Waals surface area contributed by atoms with Gasteiger partial charge in [-0.3, -0.25) is 14.5 Å². The van der Waals surface area contributed by atoms with Crippen molar-refractivity contribution in [2.24, 2.45) is 0 Å². The number of likely N-dealkylation sites (tertiary alicyclic amines) is 1. The molecule has 0 N–H and O–H groups in total. The van der Waals surface area contributed by atoms with Gasteiger partial charge in [-0.05, 0) is 41.7 Å². The number of carbonyl (C=O) groups is 2. The molecule has 4 nitrogen and oxygen atoms in total. The molecular formula is C22H25FN2O2. The van der Waals surface area contributed by atoms with Crippen LogP contribution in [0.25, 0.3) is 0 Å². The van der Waals surface area contributed by atoms with Crippen LogP contribution in [-0.4, -0.2) is 29.9 Å². The zero-order valence-corrected chi connectivity index (χ0v) is 16.0. The molecule has 0 spiro atoms. The molecule has 0 saturated carbocycles. The van der Waals surface area contributed by atoms with Gasteiger partial charge in [-0.25, -0.2) is 4.39 Å². The number of halogens is 1. The molecule has 5 heteroatoms. The first-order valence-electron chi connectivity index (χ1n) is 9.22. The second-order valence-electron chi connectivity index (χ2n) is 7.91. The molecule has 1 heterocycles. The van der Waals surface area contributed by atoms with Crippen LogP contribution in [0.15, 0.2) is 48.5 Å². The van der Waals surface area contributed by atoms with Gasteiger partial charge >= 0.3 is 0 Å². The van der Waals surface area contributed by atoms with Crippen LogP contribution in [0.5, 0.6) is 0 Å². The zero-order chi connectivity index (χ0) is 19.6. The number of benzene rings is 2. The molecule has 1 fully saturated rings. The minimum atomic E-state index is -0.483. The van der Waals surface area contributed by atoms with Crippen molar-refractivity contribution in [3.8, 4) is 0 Å². The molecule has 142 valence electrons. The van der Waals surface area contributed by atoms with Crippen molar-refractivity contribution < 1.29 is 14.0 Å². The highest BCUT2D eigenvalue weighted by atomic mass is 19.1. The molecular weight excluding hydrogens is 343 g/mol. The summed E-state index contributed by atoms with van der Waals surface area (Å²) < 4.78 is 14.4. The Morgan fingerprint density at radius 1 is 1.11 bits per heavy atom. The fraction of sp³-hybridized carbons (Fsp3) is 0.364. The van der Waals surface area contributed by atoms with Crippen molar-refractivity contribution in [3.05, 3.63) is 65.5 Å². The molecule has 0 aromatic heterocycles. The van der Waals surface area contributed by atoms with Crippen LogP contribution >= 0.6 is 0 Å². The van der Waals surface area contributed by atoms with Crippen LogP contribution < -0.4 is 4.90 Å². The summed E-state index contributed by atoms with van der Waals surface area (Å²) in [6, 6.07) is 13.5. The fourth-order valence-electron chi connectivity index (χ4n) is 3.21. The van der Waals surface area contributed by atoms with E-state index in [9.17, 15) is 14.0 Å². The minimum absolute atomic E-state index is 0.00720. The third kappa shape index (κ3) is 4.18. The molecule has 3 rings (SSSR count). The summed E-state index contributed by atoms with van der Waals surface area (Å²) in [5.74, 6) is -0.809. The summed E-state index contributed by atoms with van der Waals surface area (Å²) in [6.07, 6.45) is 1.23. The maximum Gasteiger partial charge on any atom is 0.259 e. The summed E-state index contributed by atoms with van der Waals surface area (Å²) in [5, 5.41) is 0.